The van der Waals surface area contributed by atoms with Gasteiger partial charge in [-0.15, -0.1) is 0 Å². The lowest BCUT2D eigenvalue weighted by Gasteiger charge is -2.44. The summed E-state index contributed by atoms with van der Waals surface area (Å²) in [7, 11) is 2.06. The van der Waals surface area contributed by atoms with E-state index >= 15 is 0 Å². The summed E-state index contributed by atoms with van der Waals surface area (Å²) >= 11 is 5.00. The summed E-state index contributed by atoms with van der Waals surface area (Å²) in [5.74, 6) is 0. The van der Waals surface area contributed by atoms with E-state index in [9.17, 15) is 0 Å². The molecule has 2 rings (SSSR count). The van der Waals surface area contributed by atoms with Gasteiger partial charge in [0.1, 0.15) is 5.49 Å². The van der Waals surface area contributed by atoms with Crippen LogP contribution in [0.5, 0.6) is 0 Å². The Morgan fingerprint density at radius 3 is 2.31 bits per heavy atom. The molecule has 1 radical (unpaired) electrons. The highest BCUT2D eigenvalue weighted by Gasteiger charge is 2.36. The lowest BCUT2D eigenvalue weighted by molar-refractivity contribution is 0.147. The molecule has 1 aromatic carbocycles. The number of rotatable bonds is 3. The monoisotopic (exact) mass is 232 g/mol. The lowest BCUT2D eigenvalue weighted by atomic mass is 9.76. The van der Waals surface area contributed by atoms with Gasteiger partial charge in [-0.05, 0) is 18.4 Å². The second-order valence-corrected chi connectivity index (χ2v) is 4.79. The third-order valence-corrected chi connectivity index (χ3v) is 4.04. The Morgan fingerprint density at radius 2 is 1.75 bits per heavy atom. The highest BCUT2D eigenvalue weighted by molar-refractivity contribution is 7.78. The van der Waals surface area contributed by atoms with Crippen LogP contribution in [-0.4, -0.2) is 17.4 Å². The van der Waals surface area contributed by atoms with Crippen molar-refractivity contribution in [3.63, 3.8) is 0 Å². The second kappa shape index (κ2) is 4.96. The molecule has 0 spiro atoms. The lowest BCUT2D eigenvalue weighted by Crippen LogP contribution is -2.44. The standard InChI is InChI=1S/C14H18NS/c1-15(12-16)14(10-6-3-7-11-14)13-8-4-2-5-9-13/h2,4-5,8-9H,3,6-7,10-11H2,1H3. The van der Waals surface area contributed by atoms with Gasteiger partial charge in [0.25, 0.3) is 0 Å². The molecule has 0 amide bonds. The van der Waals surface area contributed by atoms with Crippen molar-refractivity contribution in [2.24, 2.45) is 0 Å². The number of benzene rings is 1. The van der Waals surface area contributed by atoms with Crippen molar-refractivity contribution in [3.05, 3.63) is 35.9 Å². The van der Waals surface area contributed by atoms with Crippen LogP contribution in [0, 0.1) is 0 Å². The molecule has 1 nitrogen and oxygen atoms in total. The van der Waals surface area contributed by atoms with E-state index in [2.05, 4.69) is 47.8 Å². The summed E-state index contributed by atoms with van der Waals surface area (Å²) in [5, 5.41) is 0. The van der Waals surface area contributed by atoms with Crippen molar-refractivity contribution in [2.45, 2.75) is 37.6 Å². The van der Waals surface area contributed by atoms with Gasteiger partial charge in [-0.25, -0.2) is 0 Å². The fourth-order valence-electron chi connectivity index (χ4n) is 2.79. The smallest absolute Gasteiger partial charge is 0.137 e. The third-order valence-electron chi connectivity index (χ3n) is 3.77. The predicted octanol–water partition coefficient (Wildman–Crippen LogP) is 3.61. The SMILES string of the molecule is CN([C]=S)C1(c2ccccc2)CCCCC1. The summed E-state index contributed by atoms with van der Waals surface area (Å²) in [6.07, 6.45) is 6.31. The molecule has 0 aliphatic heterocycles. The Labute approximate surface area is 103 Å². The average Bonchev–Trinajstić information content (AvgIpc) is 2.39. The van der Waals surface area contributed by atoms with Crippen LogP contribution in [-0.2, 0) is 5.54 Å². The fraction of sp³-hybridized carbons (Fsp3) is 0.500. The molecule has 16 heavy (non-hydrogen) atoms. The molecule has 0 saturated heterocycles. The van der Waals surface area contributed by atoms with Crippen LogP contribution in [0.1, 0.15) is 37.7 Å². The average molecular weight is 232 g/mol. The van der Waals surface area contributed by atoms with Crippen LogP contribution < -0.4 is 0 Å². The Balaban J connectivity index is 2.37. The van der Waals surface area contributed by atoms with Crippen LogP contribution in [0.3, 0.4) is 0 Å². The van der Waals surface area contributed by atoms with Gasteiger partial charge >= 0.3 is 0 Å². The molecular weight excluding hydrogens is 214 g/mol. The molecule has 1 fully saturated rings. The Hall–Kier alpha value is -0.890. The van der Waals surface area contributed by atoms with Crippen LogP contribution in [0.15, 0.2) is 30.3 Å². The zero-order valence-electron chi connectivity index (χ0n) is 9.78. The summed E-state index contributed by atoms with van der Waals surface area (Å²) in [6, 6.07) is 10.7. The summed E-state index contributed by atoms with van der Waals surface area (Å²) in [4.78, 5) is 2.11. The van der Waals surface area contributed by atoms with E-state index in [1.165, 1.54) is 37.7 Å². The molecule has 1 aromatic rings. The molecule has 0 atom stereocenters. The molecular formula is C14H18NS. The van der Waals surface area contributed by atoms with Gasteiger partial charge in [-0.3, -0.25) is 0 Å². The molecule has 0 heterocycles. The molecule has 0 bridgehead atoms. The predicted molar refractivity (Wildman–Crippen MR) is 71.6 cm³/mol. The minimum Gasteiger partial charge on any atom is -0.354 e. The highest BCUT2D eigenvalue weighted by Crippen LogP contribution is 2.40. The van der Waals surface area contributed by atoms with Crippen LogP contribution >= 0.6 is 12.2 Å². The van der Waals surface area contributed by atoms with Crippen molar-refractivity contribution in [1.29, 1.82) is 0 Å². The van der Waals surface area contributed by atoms with E-state index in [1.54, 1.807) is 0 Å². The number of nitrogens with zero attached hydrogens (tertiary/aromatic N) is 1. The first-order chi connectivity index (χ1) is 7.79. The van der Waals surface area contributed by atoms with Crippen LogP contribution in [0.4, 0.5) is 0 Å². The molecule has 1 aliphatic carbocycles. The van der Waals surface area contributed by atoms with Crippen molar-refractivity contribution in [2.75, 3.05) is 7.05 Å². The zero-order valence-corrected chi connectivity index (χ0v) is 10.6. The number of hydrogen-bond donors (Lipinski definition) is 0. The van der Waals surface area contributed by atoms with E-state index in [0.29, 0.717) is 0 Å². The molecule has 0 unspecified atom stereocenters. The van der Waals surface area contributed by atoms with Gasteiger partial charge in [0.2, 0.25) is 0 Å². The minimum atomic E-state index is 0.0985. The van der Waals surface area contributed by atoms with Crippen molar-refractivity contribution in [1.82, 2.24) is 4.90 Å². The van der Waals surface area contributed by atoms with Gasteiger partial charge in [0.05, 0.1) is 5.54 Å². The van der Waals surface area contributed by atoms with Gasteiger partial charge < -0.3 is 4.90 Å². The van der Waals surface area contributed by atoms with Crippen molar-refractivity contribution >= 4 is 17.7 Å². The molecule has 1 aliphatic rings. The first kappa shape index (κ1) is 11.6. The van der Waals surface area contributed by atoms with Crippen LogP contribution in [0.2, 0.25) is 0 Å². The number of hydrogen-bond acceptors (Lipinski definition) is 1. The van der Waals surface area contributed by atoms with Gasteiger partial charge in [-0.2, -0.15) is 0 Å². The normalized spacial score (nSPS) is 19.1. The van der Waals surface area contributed by atoms with Crippen molar-refractivity contribution < 1.29 is 0 Å². The largest absolute Gasteiger partial charge is 0.354 e. The summed E-state index contributed by atoms with van der Waals surface area (Å²) in [5.41, 5.74) is 4.37. The Morgan fingerprint density at radius 1 is 1.12 bits per heavy atom. The van der Waals surface area contributed by atoms with E-state index in [-0.39, 0.29) is 5.54 Å². The minimum absolute atomic E-state index is 0.0985. The molecule has 85 valence electrons. The Kier molecular flexibility index (Phi) is 3.59. The summed E-state index contributed by atoms with van der Waals surface area (Å²) < 4.78 is 0. The molecule has 1 saturated carbocycles. The van der Waals surface area contributed by atoms with E-state index in [4.69, 9.17) is 12.2 Å². The van der Waals surface area contributed by atoms with Gasteiger partial charge in [0.15, 0.2) is 0 Å². The van der Waals surface area contributed by atoms with Crippen molar-refractivity contribution in [3.8, 4) is 0 Å². The first-order valence-corrected chi connectivity index (χ1v) is 6.37. The number of thiocarbonyl (C=S) groups is 1. The molecule has 2 heteroatoms. The zero-order chi connectivity index (χ0) is 11.4. The fourth-order valence-corrected chi connectivity index (χ4v) is 2.96. The highest BCUT2D eigenvalue weighted by atomic mass is 32.1. The quantitative estimate of drug-likeness (QED) is 0.578. The van der Waals surface area contributed by atoms with E-state index in [1.807, 2.05) is 0 Å². The maximum Gasteiger partial charge on any atom is 0.137 e. The molecule has 0 aromatic heterocycles. The van der Waals surface area contributed by atoms with E-state index in [0.717, 1.165) is 0 Å². The van der Waals surface area contributed by atoms with Crippen LogP contribution in [0.25, 0.3) is 0 Å². The topological polar surface area (TPSA) is 3.24 Å². The Bertz CT molecular complexity index is 341. The van der Waals surface area contributed by atoms with E-state index < -0.39 is 0 Å². The first-order valence-electron chi connectivity index (χ1n) is 5.97. The second-order valence-electron chi connectivity index (χ2n) is 4.61. The summed E-state index contributed by atoms with van der Waals surface area (Å²) in [6.45, 7) is 0. The molecule has 0 N–H and O–H groups in total. The van der Waals surface area contributed by atoms with Gasteiger partial charge in [0, 0.05) is 7.05 Å². The van der Waals surface area contributed by atoms with Gasteiger partial charge in [-0.1, -0.05) is 61.8 Å². The maximum absolute atomic E-state index is 5.00. The third kappa shape index (κ3) is 1.99. The maximum atomic E-state index is 5.00.